The highest BCUT2D eigenvalue weighted by molar-refractivity contribution is 8.00. The lowest BCUT2D eigenvalue weighted by Gasteiger charge is -2.45. The normalized spacial score (nSPS) is 35.9. The summed E-state index contributed by atoms with van der Waals surface area (Å²) >= 11 is 2.78. The average Bonchev–Trinajstić information content (AvgIpc) is 3.35. The molecule has 4 aliphatic rings. The quantitative estimate of drug-likeness (QED) is 0.556. The Labute approximate surface area is 173 Å². The summed E-state index contributed by atoms with van der Waals surface area (Å²) < 4.78 is 11.3. The fraction of sp³-hybridized carbons (Fsp3) is 0.450. The van der Waals surface area contributed by atoms with Gasteiger partial charge >= 0.3 is 16.8 Å². The predicted octanol–water partition coefficient (Wildman–Crippen LogP) is 2.55. The van der Waals surface area contributed by atoms with Gasteiger partial charge in [-0.2, -0.15) is 0 Å². The molecular weight excluding hydrogens is 414 g/mol. The Balaban J connectivity index is 1.65. The Morgan fingerprint density at radius 3 is 2.90 bits per heavy atom. The molecule has 2 bridgehead atoms. The highest BCUT2D eigenvalue weighted by Gasteiger charge is 2.67. The van der Waals surface area contributed by atoms with Crippen LogP contribution in [0.4, 0.5) is 0 Å². The number of hydrogen-bond donors (Lipinski definition) is 2. The van der Waals surface area contributed by atoms with E-state index in [1.807, 2.05) is 12.1 Å². The molecule has 1 aromatic carbocycles. The highest BCUT2D eigenvalue weighted by Crippen LogP contribution is 2.68. The first kappa shape index (κ1) is 17.6. The fourth-order valence-corrected chi connectivity index (χ4v) is 9.04. The Morgan fingerprint density at radius 2 is 2.14 bits per heavy atom. The first-order chi connectivity index (χ1) is 14.0. The summed E-state index contributed by atoms with van der Waals surface area (Å²) in [6, 6.07) is 5.52. The molecule has 0 amide bonds. The number of aliphatic carboxylic acids is 1. The predicted molar refractivity (Wildman–Crippen MR) is 105 cm³/mol. The molecule has 2 saturated carbocycles. The zero-order valence-corrected chi connectivity index (χ0v) is 16.9. The van der Waals surface area contributed by atoms with Gasteiger partial charge in [0.05, 0.1) is 24.0 Å². The topological polar surface area (TPSA) is 106 Å². The Morgan fingerprint density at radius 1 is 1.31 bits per heavy atom. The van der Waals surface area contributed by atoms with Gasteiger partial charge in [-0.05, 0) is 30.2 Å². The first-order valence-electron chi connectivity index (χ1n) is 9.50. The van der Waals surface area contributed by atoms with Crippen molar-refractivity contribution in [3.63, 3.8) is 0 Å². The minimum atomic E-state index is -0.944. The van der Waals surface area contributed by atoms with Crippen molar-refractivity contribution in [2.75, 3.05) is 7.11 Å². The van der Waals surface area contributed by atoms with Crippen molar-refractivity contribution in [2.24, 2.45) is 29.6 Å². The van der Waals surface area contributed by atoms with E-state index in [4.69, 9.17) is 9.47 Å². The number of carboxylic acid groups (broad SMARTS) is 1. The molecule has 0 radical (unpaired) electrons. The third-order valence-electron chi connectivity index (χ3n) is 7.04. The lowest BCUT2D eigenvalue weighted by Crippen LogP contribution is -2.49. The second-order valence-electron chi connectivity index (χ2n) is 8.10. The molecule has 0 spiro atoms. The number of carbonyl (C=O) groups excluding carboxylic acids is 1. The second-order valence-corrected chi connectivity index (χ2v) is 10.3. The van der Waals surface area contributed by atoms with Crippen LogP contribution in [0, 0.1) is 29.6 Å². The molecule has 150 valence electrons. The van der Waals surface area contributed by atoms with Gasteiger partial charge in [0, 0.05) is 21.6 Å². The van der Waals surface area contributed by atoms with Gasteiger partial charge in [0.1, 0.15) is 0 Å². The van der Waals surface area contributed by atoms with Crippen LogP contribution in [0.3, 0.4) is 0 Å². The van der Waals surface area contributed by atoms with Crippen molar-refractivity contribution in [3.05, 3.63) is 38.3 Å². The van der Waals surface area contributed by atoms with E-state index >= 15 is 0 Å². The number of thioether (sulfide) groups is 1. The summed E-state index contributed by atoms with van der Waals surface area (Å²) in [6.45, 7) is 0. The first-order valence-corrected chi connectivity index (χ1v) is 11.2. The van der Waals surface area contributed by atoms with Crippen molar-refractivity contribution in [1.29, 1.82) is 0 Å². The van der Waals surface area contributed by atoms with Gasteiger partial charge in [0.2, 0.25) is 0 Å². The van der Waals surface area contributed by atoms with Crippen LogP contribution in [-0.4, -0.2) is 34.4 Å². The van der Waals surface area contributed by atoms with Crippen molar-refractivity contribution < 1.29 is 24.2 Å². The van der Waals surface area contributed by atoms with Gasteiger partial charge in [0.25, 0.3) is 0 Å². The number of aromatic nitrogens is 1. The number of fused-ring (bicyclic) bond motifs is 6. The van der Waals surface area contributed by atoms with Crippen molar-refractivity contribution in [2.45, 2.75) is 22.6 Å². The number of methoxy groups -OCH3 is 1. The summed E-state index contributed by atoms with van der Waals surface area (Å²) in [5, 5.41) is 10.8. The van der Waals surface area contributed by atoms with Gasteiger partial charge in [-0.1, -0.05) is 23.5 Å². The second kappa shape index (κ2) is 5.89. The van der Waals surface area contributed by atoms with Crippen LogP contribution in [0.2, 0.25) is 0 Å². The summed E-state index contributed by atoms with van der Waals surface area (Å²) in [5.41, 5.74) is 0.836. The number of carbonyl (C=O) groups is 2. The summed E-state index contributed by atoms with van der Waals surface area (Å²) in [4.78, 5) is 41.2. The molecule has 6 rings (SSSR count). The van der Waals surface area contributed by atoms with E-state index in [-0.39, 0.29) is 33.8 Å². The van der Waals surface area contributed by atoms with Crippen LogP contribution in [-0.2, 0) is 9.59 Å². The summed E-state index contributed by atoms with van der Waals surface area (Å²) in [7, 11) is 1.51. The number of carboxylic acids is 1. The zero-order valence-electron chi connectivity index (χ0n) is 15.3. The summed E-state index contributed by atoms with van der Waals surface area (Å²) in [5.74, 6) is -2.28. The lowest BCUT2D eigenvalue weighted by atomic mass is 9.66. The summed E-state index contributed by atoms with van der Waals surface area (Å²) in [6.07, 6.45) is 0.702. The maximum Gasteiger partial charge on any atom is 0.315 e. The maximum atomic E-state index is 13.1. The molecule has 7 nitrogen and oxygen atoms in total. The van der Waals surface area contributed by atoms with E-state index < -0.39 is 23.8 Å². The number of nitrogens with one attached hydrogen (secondary N) is 1. The van der Waals surface area contributed by atoms with Crippen LogP contribution < -0.4 is 14.3 Å². The number of rotatable bonds is 2. The zero-order chi connectivity index (χ0) is 20.0. The van der Waals surface area contributed by atoms with Crippen LogP contribution in [0.5, 0.6) is 11.5 Å². The standard InChI is InChI=1S/C20H17NO6S2/c1-26-9-4-2-3-6-10-11-7-5-8(15(11)28-17-16(10)29-20(25)21-17)12(18(22)23)13(7)19(24)27-14(6)9/h2-4,7-8,10-13,15H,5H2,1H3,(H,21,25)(H,22,23)/t7-,8-,10+,11-,12-,13+,15+/m0/s1. The third-order valence-corrected chi connectivity index (χ3v) is 9.63. The fourth-order valence-electron chi connectivity index (χ4n) is 6.16. The van der Waals surface area contributed by atoms with Crippen molar-refractivity contribution >= 4 is 35.0 Å². The van der Waals surface area contributed by atoms with Crippen LogP contribution >= 0.6 is 23.1 Å². The van der Waals surface area contributed by atoms with E-state index in [9.17, 15) is 19.5 Å². The van der Waals surface area contributed by atoms with Gasteiger partial charge in [-0.15, -0.1) is 11.8 Å². The molecule has 29 heavy (non-hydrogen) atoms. The molecule has 2 aliphatic carbocycles. The van der Waals surface area contributed by atoms with Crippen LogP contribution in [0.1, 0.15) is 22.8 Å². The van der Waals surface area contributed by atoms with E-state index in [1.165, 1.54) is 18.4 Å². The van der Waals surface area contributed by atoms with E-state index in [2.05, 4.69) is 4.98 Å². The number of para-hydroxylation sites is 1. The molecule has 2 fully saturated rings. The number of benzene rings is 1. The van der Waals surface area contributed by atoms with Crippen molar-refractivity contribution in [3.8, 4) is 11.5 Å². The van der Waals surface area contributed by atoms with Crippen LogP contribution in [0.25, 0.3) is 0 Å². The molecule has 1 aromatic heterocycles. The molecule has 2 aromatic rings. The lowest BCUT2D eigenvalue weighted by molar-refractivity contribution is -0.156. The Bertz CT molecular complexity index is 1120. The van der Waals surface area contributed by atoms with Crippen LogP contribution in [0.15, 0.2) is 28.0 Å². The number of thiazole rings is 1. The minimum Gasteiger partial charge on any atom is -0.493 e. The molecule has 0 saturated heterocycles. The van der Waals surface area contributed by atoms with E-state index in [0.717, 1.165) is 15.5 Å². The molecule has 7 atom stereocenters. The van der Waals surface area contributed by atoms with Gasteiger partial charge in [0.15, 0.2) is 11.5 Å². The van der Waals surface area contributed by atoms with E-state index in [0.29, 0.717) is 17.9 Å². The molecule has 0 unspecified atom stereocenters. The average molecular weight is 431 g/mol. The monoisotopic (exact) mass is 431 g/mol. The van der Waals surface area contributed by atoms with Gasteiger partial charge in [-0.25, -0.2) is 0 Å². The maximum absolute atomic E-state index is 13.1. The SMILES string of the molecule is COc1cccc2c1OC(=O)[C@@H]1[C@H]3C[C@H]([C@H]4Sc5[nH]c(=O)sc5[C@H]2[C@H]34)[C@@H]1C(=O)O. The molecule has 3 heterocycles. The number of H-pyrrole nitrogens is 1. The van der Waals surface area contributed by atoms with Gasteiger partial charge < -0.3 is 19.6 Å². The largest absolute Gasteiger partial charge is 0.493 e. The molecule has 2 aliphatic heterocycles. The third kappa shape index (κ3) is 2.17. The Kier molecular flexibility index (Phi) is 3.57. The molecular formula is C20H17NO6S2. The van der Waals surface area contributed by atoms with Crippen molar-refractivity contribution in [1.82, 2.24) is 4.98 Å². The molecule has 2 N–H and O–H groups in total. The number of hydrogen-bond acceptors (Lipinski definition) is 7. The number of ether oxygens (including phenoxy) is 2. The Hall–Kier alpha value is -2.26. The smallest absolute Gasteiger partial charge is 0.315 e. The minimum absolute atomic E-state index is 0.0463. The van der Waals surface area contributed by atoms with E-state index in [1.54, 1.807) is 17.8 Å². The van der Waals surface area contributed by atoms with Gasteiger partial charge in [-0.3, -0.25) is 14.4 Å². The number of aromatic amines is 1. The number of esters is 1. The highest BCUT2D eigenvalue weighted by atomic mass is 32.2. The molecule has 9 heteroatoms.